The lowest BCUT2D eigenvalue weighted by molar-refractivity contribution is -0.114. The zero-order valence-electron chi connectivity index (χ0n) is 14.5. The van der Waals surface area contributed by atoms with Crippen molar-refractivity contribution in [1.82, 2.24) is 5.32 Å². The normalized spacial score (nSPS) is 19.3. The van der Waals surface area contributed by atoms with Crippen molar-refractivity contribution >= 4 is 5.78 Å². The molecule has 0 unspecified atom stereocenters. The molecule has 1 saturated heterocycles. The van der Waals surface area contributed by atoms with Gasteiger partial charge in [0.15, 0.2) is 11.7 Å². The molecule has 22 heavy (non-hydrogen) atoms. The van der Waals surface area contributed by atoms with Gasteiger partial charge in [-0.25, -0.2) is 0 Å². The number of allylic oxidation sites excluding steroid dienone is 1. The first-order valence-corrected chi connectivity index (χ1v) is 9.04. The van der Waals surface area contributed by atoms with Crippen molar-refractivity contribution in [3.63, 3.8) is 0 Å². The number of unbranched alkanes of at least 4 members (excludes halogenated alkanes) is 7. The Morgan fingerprint density at radius 1 is 1.09 bits per heavy atom. The molecule has 3 heteroatoms. The molecular weight excluding hydrogens is 274 g/mol. The standard InChI is InChI=1S/C19H33NO2/c1-4-6-8-9-10-11-12-13-17(21)15-19-20-16(3)18(22-19)14-7-5-2/h15,18,20H,3-14H2,1-2H3/b19-15+/t18-/m0/s1. The van der Waals surface area contributed by atoms with Gasteiger partial charge in [-0.15, -0.1) is 0 Å². The van der Waals surface area contributed by atoms with Crippen molar-refractivity contribution in [3.8, 4) is 0 Å². The highest BCUT2D eigenvalue weighted by Crippen LogP contribution is 2.21. The van der Waals surface area contributed by atoms with Gasteiger partial charge in [-0.3, -0.25) is 4.79 Å². The number of ketones is 1. The predicted octanol–water partition coefficient (Wildman–Crippen LogP) is 5.23. The van der Waals surface area contributed by atoms with E-state index in [4.69, 9.17) is 4.74 Å². The third-order valence-corrected chi connectivity index (χ3v) is 4.08. The molecule has 1 aliphatic rings. The van der Waals surface area contributed by atoms with Gasteiger partial charge in [0.2, 0.25) is 0 Å². The zero-order valence-corrected chi connectivity index (χ0v) is 14.5. The van der Waals surface area contributed by atoms with Gasteiger partial charge in [0.05, 0.1) is 5.70 Å². The van der Waals surface area contributed by atoms with Gasteiger partial charge in [-0.05, 0) is 19.3 Å². The first kappa shape index (κ1) is 18.8. The monoisotopic (exact) mass is 307 g/mol. The number of hydrogen-bond donors (Lipinski definition) is 1. The quantitative estimate of drug-likeness (QED) is 0.396. The molecule has 0 spiro atoms. The molecule has 1 fully saturated rings. The summed E-state index contributed by atoms with van der Waals surface area (Å²) < 4.78 is 5.75. The molecule has 1 rings (SSSR count). The van der Waals surface area contributed by atoms with Gasteiger partial charge < -0.3 is 10.1 Å². The molecule has 1 heterocycles. The molecule has 1 atom stereocenters. The lowest BCUT2D eigenvalue weighted by atomic mass is 10.1. The number of carbonyl (C=O) groups excluding carboxylic acids is 1. The molecule has 1 N–H and O–H groups in total. The third-order valence-electron chi connectivity index (χ3n) is 4.08. The minimum absolute atomic E-state index is 0.0255. The first-order valence-electron chi connectivity index (χ1n) is 9.04. The van der Waals surface area contributed by atoms with E-state index in [1.165, 1.54) is 32.1 Å². The highest BCUT2D eigenvalue weighted by atomic mass is 16.5. The highest BCUT2D eigenvalue weighted by Gasteiger charge is 2.23. The lowest BCUT2D eigenvalue weighted by Crippen LogP contribution is -2.09. The second-order valence-corrected chi connectivity index (χ2v) is 6.25. The van der Waals surface area contributed by atoms with E-state index in [1.54, 1.807) is 6.08 Å². The largest absolute Gasteiger partial charge is 0.469 e. The van der Waals surface area contributed by atoms with Crippen molar-refractivity contribution in [3.05, 3.63) is 24.2 Å². The van der Waals surface area contributed by atoms with Crippen LogP contribution < -0.4 is 5.32 Å². The average Bonchev–Trinajstić information content (AvgIpc) is 2.83. The molecule has 1 aliphatic heterocycles. The maximum absolute atomic E-state index is 11.9. The fourth-order valence-electron chi connectivity index (χ4n) is 2.66. The Kier molecular flexibility index (Phi) is 9.69. The number of rotatable bonds is 12. The van der Waals surface area contributed by atoms with Crippen molar-refractivity contribution < 1.29 is 9.53 Å². The second kappa shape index (κ2) is 11.3. The summed E-state index contributed by atoms with van der Waals surface area (Å²) in [6, 6.07) is 0. The average molecular weight is 307 g/mol. The zero-order chi connectivity index (χ0) is 16.2. The van der Waals surface area contributed by atoms with Crippen LogP contribution in [0.2, 0.25) is 0 Å². The Hall–Kier alpha value is -1.25. The Balaban J connectivity index is 2.17. The minimum atomic E-state index is 0.0255. The van der Waals surface area contributed by atoms with E-state index in [9.17, 15) is 4.79 Å². The van der Waals surface area contributed by atoms with E-state index in [0.29, 0.717) is 12.3 Å². The number of hydrogen-bond acceptors (Lipinski definition) is 3. The molecule has 0 aliphatic carbocycles. The van der Waals surface area contributed by atoms with Crippen LogP contribution in [0.5, 0.6) is 0 Å². The van der Waals surface area contributed by atoms with Crippen LogP contribution in [0, 0.1) is 0 Å². The van der Waals surface area contributed by atoms with Gasteiger partial charge in [0.25, 0.3) is 0 Å². The predicted molar refractivity (Wildman–Crippen MR) is 92.4 cm³/mol. The van der Waals surface area contributed by atoms with Crippen LogP contribution in [0.15, 0.2) is 24.2 Å². The summed E-state index contributed by atoms with van der Waals surface area (Å²) in [5, 5.41) is 3.09. The van der Waals surface area contributed by atoms with E-state index >= 15 is 0 Å². The molecule has 0 amide bonds. The Morgan fingerprint density at radius 2 is 1.73 bits per heavy atom. The van der Waals surface area contributed by atoms with Crippen molar-refractivity contribution in [2.45, 2.75) is 90.6 Å². The van der Waals surface area contributed by atoms with Crippen LogP contribution in [0.4, 0.5) is 0 Å². The maximum Gasteiger partial charge on any atom is 0.195 e. The number of carbonyl (C=O) groups is 1. The summed E-state index contributed by atoms with van der Waals surface area (Å²) >= 11 is 0. The fourth-order valence-corrected chi connectivity index (χ4v) is 2.66. The lowest BCUT2D eigenvalue weighted by Gasteiger charge is -2.08. The highest BCUT2D eigenvalue weighted by molar-refractivity contribution is 5.90. The summed E-state index contributed by atoms with van der Waals surface area (Å²) in [5.41, 5.74) is 0.878. The SMILES string of the molecule is C=C1N/C(=C\C(=O)CCCCCCCCC)O[C@H]1CCCC. The molecular formula is C19H33NO2. The second-order valence-electron chi connectivity index (χ2n) is 6.25. The summed E-state index contributed by atoms with van der Waals surface area (Å²) in [5.74, 6) is 0.735. The van der Waals surface area contributed by atoms with E-state index < -0.39 is 0 Å². The molecule has 0 saturated carbocycles. The fraction of sp³-hybridized carbons (Fsp3) is 0.737. The smallest absolute Gasteiger partial charge is 0.195 e. The summed E-state index contributed by atoms with van der Waals surface area (Å²) in [4.78, 5) is 11.9. The van der Waals surface area contributed by atoms with E-state index in [0.717, 1.165) is 37.8 Å². The first-order chi connectivity index (χ1) is 10.7. The van der Waals surface area contributed by atoms with Gasteiger partial charge >= 0.3 is 0 Å². The van der Waals surface area contributed by atoms with Gasteiger partial charge in [0.1, 0.15) is 6.10 Å². The van der Waals surface area contributed by atoms with Crippen molar-refractivity contribution in [2.75, 3.05) is 0 Å². The summed E-state index contributed by atoms with van der Waals surface area (Å²) in [7, 11) is 0. The Labute approximate surface area is 136 Å². The van der Waals surface area contributed by atoms with Crippen molar-refractivity contribution in [2.24, 2.45) is 0 Å². The van der Waals surface area contributed by atoms with E-state index in [-0.39, 0.29) is 11.9 Å². The van der Waals surface area contributed by atoms with E-state index in [1.807, 2.05) is 0 Å². The van der Waals surface area contributed by atoms with Crippen LogP contribution in [-0.4, -0.2) is 11.9 Å². The Morgan fingerprint density at radius 3 is 2.41 bits per heavy atom. The Bertz CT molecular complexity index is 374. The van der Waals surface area contributed by atoms with Crippen molar-refractivity contribution in [1.29, 1.82) is 0 Å². The van der Waals surface area contributed by atoms with Crippen LogP contribution in [0.3, 0.4) is 0 Å². The summed E-state index contributed by atoms with van der Waals surface area (Å²) in [6.07, 6.45) is 14.1. The van der Waals surface area contributed by atoms with E-state index in [2.05, 4.69) is 25.7 Å². The van der Waals surface area contributed by atoms with Crippen LogP contribution in [0.25, 0.3) is 0 Å². The molecule has 0 bridgehead atoms. The van der Waals surface area contributed by atoms with Gasteiger partial charge in [0, 0.05) is 12.5 Å². The van der Waals surface area contributed by atoms with Crippen LogP contribution >= 0.6 is 0 Å². The minimum Gasteiger partial charge on any atom is -0.469 e. The molecule has 0 aromatic rings. The van der Waals surface area contributed by atoms with Crippen LogP contribution in [0.1, 0.15) is 84.5 Å². The summed E-state index contributed by atoms with van der Waals surface area (Å²) in [6.45, 7) is 8.36. The molecule has 3 nitrogen and oxygen atoms in total. The maximum atomic E-state index is 11.9. The molecule has 0 radical (unpaired) electrons. The van der Waals surface area contributed by atoms with Gasteiger partial charge in [-0.1, -0.05) is 65.4 Å². The molecule has 126 valence electrons. The third kappa shape index (κ3) is 7.67. The molecule has 0 aromatic carbocycles. The van der Waals surface area contributed by atoms with Gasteiger partial charge in [-0.2, -0.15) is 0 Å². The topological polar surface area (TPSA) is 38.3 Å². The number of nitrogens with one attached hydrogen (secondary N) is 1. The number of ether oxygens (including phenoxy) is 1. The van der Waals surface area contributed by atoms with Crippen LogP contribution in [-0.2, 0) is 9.53 Å². The molecule has 0 aromatic heterocycles.